The molecule has 0 saturated carbocycles. The molecule has 17 rings (SSSR count). The molecule has 0 radical (unpaired) electrons. The Labute approximate surface area is 427 Å². The van der Waals surface area contributed by atoms with Crippen LogP contribution in [0, 0.1) is 0 Å². The van der Waals surface area contributed by atoms with Gasteiger partial charge in [-0.15, -0.1) is 0 Å². The first-order valence-corrected chi connectivity index (χ1v) is 25.5. The fourth-order valence-corrected chi connectivity index (χ4v) is 13.3. The maximum atomic E-state index is 7.48. The Hall–Kier alpha value is -9.65. The van der Waals surface area contributed by atoms with E-state index in [2.05, 4.69) is 262 Å². The van der Waals surface area contributed by atoms with Gasteiger partial charge < -0.3 is 28.4 Å². The van der Waals surface area contributed by atoms with Gasteiger partial charge in [0.2, 0.25) is 0 Å². The minimum absolute atomic E-state index is 0.137. The summed E-state index contributed by atoms with van der Waals surface area (Å²) >= 11 is 0. The number of rotatable bonds is 4. The first-order valence-electron chi connectivity index (χ1n) is 25.5. The zero-order valence-corrected chi connectivity index (χ0v) is 39.9. The van der Waals surface area contributed by atoms with Crippen molar-refractivity contribution < 1.29 is 9.47 Å². The molecular formula is C66H40B2N4O2. The third kappa shape index (κ3) is 5.30. The molecule has 0 amide bonds. The largest absolute Gasteiger partial charge is 0.458 e. The van der Waals surface area contributed by atoms with Crippen molar-refractivity contribution in [3.63, 3.8) is 0 Å². The van der Waals surface area contributed by atoms with Crippen LogP contribution in [0.1, 0.15) is 0 Å². The molecule has 2 aromatic heterocycles. The lowest BCUT2D eigenvalue weighted by Gasteiger charge is -2.45. The Bertz CT molecular complexity index is 4520. The van der Waals surface area contributed by atoms with E-state index < -0.39 is 0 Å². The summed E-state index contributed by atoms with van der Waals surface area (Å²) in [4.78, 5) is 5.05. The average molecular weight is 943 g/mol. The Balaban J connectivity index is 1.00. The van der Waals surface area contributed by atoms with Gasteiger partial charge in [0.15, 0.2) is 0 Å². The smallest absolute Gasteiger partial charge is 0.260 e. The zero-order chi connectivity index (χ0) is 48.2. The van der Waals surface area contributed by atoms with Gasteiger partial charge in [0.25, 0.3) is 13.4 Å². The number of hydrogen-bond acceptors (Lipinski definition) is 4. The number of ether oxygens (including phenoxy) is 2. The third-order valence-electron chi connectivity index (χ3n) is 16.1. The van der Waals surface area contributed by atoms with Crippen LogP contribution in [0.3, 0.4) is 0 Å². The Morgan fingerprint density at radius 2 is 0.824 bits per heavy atom. The second-order valence-electron chi connectivity index (χ2n) is 19.9. The molecule has 0 bridgehead atoms. The number of benzene rings is 11. The lowest BCUT2D eigenvalue weighted by atomic mass is 9.30. The number of nitrogens with zero attached hydrogens (tertiary/aromatic N) is 4. The predicted octanol–water partition coefficient (Wildman–Crippen LogP) is 12.7. The van der Waals surface area contributed by atoms with E-state index >= 15 is 0 Å². The quantitative estimate of drug-likeness (QED) is 0.165. The van der Waals surface area contributed by atoms with Gasteiger partial charge in [0, 0.05) is 73.6 Å². The molecule has 4 aliphatic heterocycles. The van der Waals surface area contributed by atoms with Crippen molar-refractivity contribution in [3.8, 4) is 34.4 Å². The Morgan fingerprint density at radius 3 is 1.50 bits per heavy atom. The van der Waals surface area contributed by atoms with E-state index in [1.54, 1.807) is 0 Å². The van der Waals surface area contributed by atoms with Gasteiger partial charge in [0.05, 0.1) is 33.1 Å². The molecule has 342 valence electrons. The number of anilines is 6. The van der Waals surface area contributed by atoms with Crippen LogP contribution in [0.2, 0.25) is 0 Å². The second kappa shape index (κ2) is 14.9. The minimum atomic E-state index is -0.167. The van der Waals surface area contributed by atoms with Gasteiger partial charge in [-0.2, -0.15) is 0 Å². The maximum Gasteiger partial charge on any atom is 0.260 e. The van der Waals surface area contributed by atoms with Gasteiger partial charge in [-0.25, -0.2) is 0 Å². The molecule has 8 heteroatoms. The van der Waals surface area contributed by atoms with E-state index in [1.807, 2.05) is 0 Å². The van der Waals surface area contributed by atoms with E-state index in [9.17, 15) is 0 Å². The normalized spacial score (nSPS) is 13.5. The third-order valence-corrected chi connectivity index (χ3v) is 16.1. The summed E-state index contributed by atoms with van der Waals surface area (Å²) in [6, 6.07) is 88.2. The molecule has 11 aromatic carbocycles. The molecule has 0 saturated heterocycles. The van der Waals surface area contributed by atoms with E-state index in [0.29, 0.717) is 0 Å². The molecule has 0 unspecified atom stereocenters. The lowest BCUT2D eigenvalue weighted by molar-refractivity contribution is 0.468. The topological polar surface area (TPSA) is 34.8 Å². The molecule has 13 aromatic rings. The maximum absolute atomic E-state index is 7.48. The summed E-state index contributed by atoms with van der Waals surface area (Å²) < 4.78 is 19.5. The van der Waals surface area contributed by atoms with Crippen molar-refractivity contribution in [2.45, 2.75) is 0 Å². The molecule has 6 nitrogen and oxygen atoms in total. The second-order valence-corrected chi connectivity index (χ2v) is 19.9. The van der Waals surface area contributed by atoms with Crippen molar-refractivity contribution in [1.29, 1.82) is 0 Å². The molecular weight excluding hydrogens is 902 g/mol. The van der Waals surface area contributed by atoms with Gasteiger partial charge in [-0.1, -0.05) is 152 Å². The monoisotopic (exact) mass is 942 g/mol. The highest BCUT2D eigenvalue weighted by Crippen LogP contribution is 2.51. The van der Waals surface area contributed by atoms with Crippen molar-refractivity contribution in [2.75, 3.05) is 9.80 Å². The lowest BCUT2D eigenvalue weighted by Crippen LogP contribution is -2.64. The van der Waals surface area contributed by atoms with E-state index in [-0.39, 0.29) is 13.4 Å². The summed E-state index contributed by atoms with van der Waals surface area (Å²) in [7, 11) is 0. The highest BCUT2D eigenvalue weighted by atomic mass is 16.5. The van der Waals surface area contributed by atoms with Crippen LogP contribution in [0.4, 0.5) is 34.1 Å². The van der Waals surface area contributed by atoms with E-state index in [1.165, 1.54) is 38.5 Å². The van der Waals surface area contributed by atoms with Crippen LogP contribution >= 0.6 is 0 Å². The fraction of sp³-hybridized carbons (Fsp3) is 0. The molecule has 74 heavy (non-hydrogen) atoms. The van der Waals surface area contributed by atoms with Crippen LogP contribution in [-0.2, 0) is 0 Å². The van der Waals surface area contributed by atoms with Crippen LogP contribution in [-0.4, -0.2) is 22.6 Å². The predicted molar refractivity (Wildman–Crippen MR) is 307 cm³/mol. The van der Waals surface area contributed by atoms with Crippen molar-refractivity contribution >= 4 is 124 Å². The summed E-state index contributed by atoms with van der Waals surface area (Å²) in [6.07, 6.45) is 0. The SMILES string of the molecule is c1ccc(N2c3cc4c(cc3B3c5ccccc5N(c5ccccc5)c5c3c2cc2c5c3ccccc3n2-c2ccccc2)B2c3ccccc3Oc3c2c(cc2c3c3ccccc3n2-c2ccccc2)O4)cc1. The average Bonchev–Trinajstić information content (AvgIpc) is 4.09. The summed E-state index contributed by atoms with van der Waals surface area (Å²) in [5, 5.41) is 4.66. The van der Waals surface area contributed by atoms with Crippen LogP contribution in [0.25, 0.3) is 55.0 Å². The molecule has 0 atom stereocenters. The summed E-state index contributed by atoms with van der Waals surface area (Å²) in [6.45, 7) is -0.304. The molecule has 4 aliphatic rings. The van der Waals surface area contributed by atoms with Gasteiger partial charge in [-0.05, 0) is 106 Å². The molecule has 6 heterocycles. The number of aromatic nitrogens is 2. The van der Waals surface area contributed by atoms with Gasteiger partial charge in [0.1, 0.15) is 23.0 Å². The van der Waals surface area contributed by atoms with Crippen molar-refractivity contribution in [3.05, 3.63) is 243 Å². The highest BCUT2D eigenvalue weighted by molar-refractivity contribution is 7.02. The molecule has 0 fully saturated rings. The van der Waals surface area contributed by atoms with Gasteiger partial charge in [-0.3, -0.25) is 0 Å². The minimum Gasteiger partial charge on any atom is -0.458 e. The Kier molecular flexibility index (Phi) is 8.08. The summed E-state index contributed by atoms with van der Waals surface area (Å²) in [5.74, 6) is 3.36. The van der Waals surface area contributed by atoms with Crippen molar-refractivity contribution in [1.82, 2.24) is 9.13 Å². The van der Waals surface area contributed by atoms with E-state index in [4.69, 9.17) is 9.47 Å². The zero-order valence-electron chi connectivity index (χ0n) is 39.9. The highest BCUT2D eigenvalue weighted by Gasteiger charge is 2.48. The standard InChI is InChI=1S/C66H40B2N4O2/c1-5-21-41(22-6-1)69-51-33-17-13-29-45(51)61-55(69)38-57-63-65(61)72(44-27-11-4-12-28-44)53-35-19-15-31-47(53)67(63)49-37-50-59(39-54(49)71(57)43-25-9-3-10-26-43)73-60-40-56-62(66-64(60)68(50)48-32-16-20-36-58(48)74-66)46-30-14-18-34-52(46)70(56)42-23-7-2-8-24-42/h1-40H. The first kappa shape index (κ1) is 40.0. The molecule has 0 spiro atoms. The van der Waals surface area contributed by atoms with Crippen LogP contribution in [0.5, 0.6) is 23.0 Å². The fourth-order valence-electron chi connectivity index (χ4n) is 13.3. The van der Waals surface area contributed by atoms with Gasteiger partial charge >= 0.3 is 0 Å². The number of fused-ring (bicyclic) bond motifs is 16. The van der Waals surface area contributed by atoms with Crippen LogP contribution in [0.15, 0.2) is 243 Å². The molecule has 0 aliphatic carbocycles. The number of para-hydroxylation sites is 8. The van der Waals surface area contributed by atoms with Crippen LogP contribution < -0.4 is 52.1 Å². The Morgan fingerprint density at radius 1 is 0.297 bits per heavy atom. The van der Waals surface area contributed by atoms with E-state index in [0.717, 1.165) is 106 Å². The van der Waals surface area contributed by atoms with Crippen molar-refractivity contribution in [2.24, 2.45) is 0 Å². The molecule has 0 N–H and O–H groups in total. The summed E-state index contributed by atoms with van der Waals surface area (Å²) in [5.41, 5.74) is 20.5. The first-order chi connectivity index (χ1) is 36.8. The number of hydrogen-bond donors (Lipinski definition) is 0.